The molecule has 0 saturated heterocycles. The number of hydrogen-bond donors (Lipinski definition) is 4. The van der Waals surface area contributed by atoms with Crippen molar-refractivity contribution in [2.75, 3.05) is 0 Å². The number of nitrogen functional groups attached to an aromatic ring is 2. The number of hydrogen-bond acceptors (Lipinski definition) is 2. The van der Waals surface area contributed by atoms with E-state index < -0.39 is 5.82 Å². The molecule has 130 valence electrons. The Morgan fingerprint density at radius 2 is 1.29 bits per heavy atom. The Bertz CT molecular complexity index is 653. The predicted molar refractivity (Wildman–Crippen MR) is 101 cm³/mol. The maximum absolute atomic E-state index is 12.8. The summed E-state index contributed by atoms with van der Waals surface area (Å²) in [4.78, 5) is 0. The second kappa shape index (κ2) is 10.4. The van der Waals surface area contributed by atoms with Crippen molar-refractivity contribution in [2.24, 2.45) is 11.5 Å². The smallest absolute Gasteiger partial charge is 0.134 e. The van der Waals surface area contributed by atoms with Crippen LogP contribution in [0.2, 0.25) is 5.02 Å². The first-order chi connectivity index (χ1) is 11.2. The van der Waals surface area contributed by atoms with Gasteiger partial charge in [-0.2, -0.15) is 0 Å². The highest BCUT2D eigenvalue weighted by molar-refractivity contribution is 6.33. The minimum absolute atomic E-state index is 0.0127. The first-order valence-corrected chi connectivity index (χ1v) is 7.81. The molecule has 2 rings (SSSR count). The summed E-state index contributed by atoms with van der Waals surface area (Å²) < 4.78 is 12.8. The lowest BCUT2D eigenvalue weighted by molar-refractivity contribution is 0.624. The standard InChI is InChI=1S/C8H9ClN2.C8H9FN2.C2H6/c2*1-5-2-3-7(9)6(4-5)8(10)11;1-2/h2*2-4H,1H3,(H3,10,11);1-2H3. The van der Waals surface area contributed by atoms with Crippen LogP contribution in [-0.2, 0) is 0 Å². The summed E-state index contributed by atoms with van der Waals surface area (Å²) in [6, 6.07) is 9.93. The molecule has 6 heteroatoms. The lowest BCUT2D eigenvalue weighted by atomic mass is 10.1. The second-order valence-corrected chi connectivity index (χ2v) is 5.20. The van der Waals surface area contributed by atoms with E-state index in [-0.39, 0.29) is 17.2 Å². The summed E-state index contributed by atoms with van der Waals surface area (Å²) >= 11 is 5.77. The van der Waals surface area contributed by atoms with Crippen LogP contribution < -0.4 is 11.5 Å². The van der Waals surface area contributed by atoms with Gasteiger partial charge in [0.05, 0.1) is 10.6 Å². The number of rotatable bonds is 2. The Labute approximate surface area is 147 Å². The minimum atomic E-state index is -0.442. The number of amidine groups is 2. The van der Waals surface area contributed by atoms with Crippen molar-refractivity contribution in [2.45, 2.75) is 27.7 Å². The third kappa shape index (κ3) is 6.79. The second-order valence-electron chi connectivity index (χ2n) is 4.79. The Hall–Kier alpha value is -2.40. The summed E-state index contributed by atoms with van der Waals surface area (Å²) in [6.07, 6.45) is 0. The molecule has 0 heterocycles. The SMILES string of the molecule is CC.Cc1ccc(Cl)c(C(=N)N)c1.Cc1ccc(F)c(C(=N)N)c1. The van der Waals surface area contributed by atoms with E-state index in [0.29, 0.717) is 10.6 Å². The van der Waals surface area contributed by atoms with E-state index in [0.717, 1.165) is 11.1 Å². The van der Waals surface area contributed by atoms with Crippen LogP contribution in [0, 0.1) is 30.5 Å². The van der Waals surface area contributed by atoms with Gasteiger partial charge in [-0.3, -0.25) is 10.8 Å². The Morgan fingerprint density at radius 3 is 1.67 bits per heavy atom. The van der Waals surface area contributed by atoms with Crippen LogP contribution in [0.25, 0.3) is 0 Å². The average molecular weight is 351 g/mol. The van der Waals surface area contributed by atoms with Crippen LogP contribution in [-0.4, -0.2) is 11.7 Å². The zero-order chi connectivity index (χ0) is 18.9. The highest BCUT2D eigenvalue weighted by atomic mass is 35.5. The Balaban J connectivity index is 0.000000400. The summed E-state index contributed by atoms with van der Waals surface area (Å²) in [5, 5.41) is 14.7. The summed E-state index contributed by atoms with van der Waals surface area (Å²) in [5.41, 5.74) is 13.1. The zero-order valence-corrected chi connectivity index (χ0v) is 15.1. The quantitative estimate of drug-likeness (QED) is 0.477. The molecule has 0 aliphatic carbocycles. The van der Waals surface area contributed by atoms with Gasteiger partial charge in [0.2, 0.25) is 0 Å². The fourth-order valence-electron chi connectivity index (χ4n) is 1.69. The fraction of sp³-hybridized carbons (Fsp3) is 0.222. The molecular weight excluding hydrogens is 327 g/mol. The van der Waals surface area contributed by atoms with Crippen molar-refractivity contribution in [3.05, 3.63) is 69.5 Å². The highest BCUT2D eigenvalue weighted by Gasteiger charge is 2.03. The molecular formula is C18H24ClFN4. The maximum atomic E-state index is 12.8. The summed E-state index contributed by atoms with van der Waals surface area (Å²) in [7, 11) is 0. The topological polar surface area (TPSA) is 99.7 Å². The van der Waals surface area contributed by atoms with Gasteiger partial charge in [0, 0.05) is 5.56 Å². The van der Waals surface area contributed by atoms with E-state index >= 15 is 0 Å². The molecule has 4 nitrogen and oxygen atoms in total. The van der Waals surface area contributed by atoms with Crippen molar-refractivity contribution in [1.82, 2.24) is 0 Å². The Morgan fingerprint density at radius 1 is 0.875 bits per heavy atom. The van der Waals surface area contributed by atoms with E-state index in [4.69, 9.17) is 33.9 Å². The molecule has 2 aromatic rings. The van der Waals surface area contributed by atoms with Gasteiger partial charge in [0.1, 0.15) is 17.5 Å². The lowest BCUT2D eigenvalue weighted by Gasteiger charge is -2.01. The molecule has 0 saturated carbocycles. The van der Waals surface area contributed by atoms with Gasteiger partial charge in [-0.05, 0) is 38.1 Å². The monoisotopic (exact) mass is 350 g/mol. The third-order valence-corrected chi connectivity index (χ3v) is 3.15. The van der Waals surface area contributed by atoms with E-state index in [2.05, 4.69) is 0 Å². The number of aryl methyl sites for hydroxylation is 2. The largest absolute Gasteiger partial charge is 0.384 e. The van der Waals surface area contributed by atoms with Crippen LogP contribution >= 0.6 is 11.6 Å². The van der Waals surface area contributed by atoms with Crippen LogP contribution in [0.3, 0.4) is 0 Å². The van der Waals surface area contributed by atoms with Gasteiger partial charge in [0.25, 0.3) is 0 Å². The summed E-state index contributed by atoms with van der Waals surface area (Å²) in [6.45, 7) is 7.76. The predicted octanol–water partition coefficient (Wildman–Crippen LogP) is 4.38. The van der Waals surface area contributed by atoms with Gasteiger partial charge in [0.15, 0.2) is 0 Å². The van der Waals surface area contributed by atoms with Crippen molar-refractivity contribution >= 4 is 23.3 Å². The molecule has 0 aliphatic heterocycles. The fourth-order valence-corrected chi connectivity index (χ4v) is 1.91. The number of nitrogens with two attached hydrogens (primary N) is 2. The molecule has 0 fully saturated rings. The lowest BCUT2D eigenvalue weighted by Crippen LogP contribution is -2.13. The molecule has 0 amide bonds. The number of benzene rings is 2. The summed E-state index contributed by atoms with van der Waals surface area (Å²) in [5.74, 6) is -0.659. The van der Waals surface area contributed by atoms with Crippen molar-refractivity contribution in [3.63, 3.8) is 0 Å². The van der Waals surface area contributed by atoms with Crippen LogP contribution in [0.4, 0.5) is 4.39 Å². The molecule has 2 aromatic carbocycles. The van der Waals surface area contributed by atoms with Gasteiger partial charge < -0.3 is 11.5 Å². The van der Waals surface area contributed by atoms with E-state index in [1.54, 1.807) is 24.3 Å². The molecule has 0 unspecified atom stereocenters. The van der Waals surface area contributed by atoms with Crippen molar-refractivity contribution < 1.29 is 4.39 Å². The zero-order valence-electron chi connectivity index (χ0n) is 14.4. The van der Waals surface area contributed by atoms with Gasteiger partial charge >= 0.3 is 0 Å². The first-order valence-electron chi connectivity index (χ1n) is 7.43. The molecule has 0 atom stereocenters. The molecule has 0 radical (unpaired) electrons. The number of halogens is 2. The van der Waals surface area contributed by atoms with Gasteiger partial charge in [-0.1, -0.05) is 48.7 Å². The van der Waals surface area contributed by atoms with Crippen LogP contribution in [0.1, 0.15) is 36.1 Å². The minimum Gasteiger partial charge on any atom is -0.384 e. The molecule has 6 N–H and O–H groups in total. The number of nitrogens with one attached hydrogen (secondary N) is 2. The van der Waals surface area contributed by atoms with Crippen LogP contribution in [0.15, 0.2) is 36.4 Å². The van der Waals surface area contributed by atoms with Gasteiger partial charge in [-0.15, -0.1) is 0 Å². The molecule has 0 aromatic heterocycles. The van der Waals surface area contributed by atoms with Crippen molar-refractivity contribution in [3.8, 4) is 0 Å². The highest BCUT2D eigenvalue weighted by Crippen LogP contribution is 2.16. The molecule has 0 spiro atoms. The average Bonchev–Trinajstić information content (AvgIpc) is 2.54. The Kier molecular flexibility index (Phi) is 9.35. The third-order valence-electron chi connectivity index (χ3n) is 2.82. The maximum Gasteiger partial charge on any atom is 0.134 e. The normalized spacial score (nSPS) is 9.08. The van der Waals surface area contributed by atoms with Crippen molar-refractivity contribution in [1.29, 1.82) is 10.8 Å². The van der Waals surface area contributed by atoms with Crippen LogP contribution in [0.5, 0.6) is 0 Å². The molecule has 0 aliphatic rings. The van der Waals surface area contributed by atoms with Gasteiger partial charge in [-0.25, -0.2) is 4.39 Å². The van der Waals surface area contributed by atoms with E-state index in [1.807, 2.05) is 33.8 Å². The molecule has 24 heavy (non-hydrogen) atoms. The van der Waals surface area contributed by atoms with E-state index in [1.165, 1.54) is 6.07 Å². The molecule has 0 bridgehead atoms. The first kappa shape index (κ1) is 21.6. The van der Waals surface area contributed by atoms with E-state index in [9.17, 15) is 4.39 Å².